The molecule has 1 N–H and O–H groups in total. The van der Waals surface area contributed by atoms with Gasteiger partial charge in [-0.25, -0.2) is 0 Å². The summed E-state index contributed by atoms with van der Waals surface area (Å²) in [4.78, 5) is 2.35. The van der Waals surface area contributed by atoms with Crippen molar-refractivity contribution >= 4 is 42.1 Å². The Balaban J connectivity index is 0.00000112. The van der Waals surface area contributed by atoms with E-state index < -0.39 is 0 Å². The maximum absolute atomic E-state index is 6.15. The third-order valence-electron chi connectivity index (χ3n) is 2.53. The molecule has 1 aromatic rings. The van der Waals surface area contributed by atoms with Crippen LogP contribution in [0, 0.1) is 0 Å². The summed E-state index contributed by atoms with van der Waals surface area (Å²) in [5.74, 6) is 0. The lowest BCUT2D eigenvalue weighted by Gasteiger charge is -2.23. The first-order valence-electron chi connectivity index (χ1n) is 5.08. The lowest BCUT2D eigenvalue weighted by atomic mass is 10.2. The highest BCUT2D eigenvalue weighted by molar-refractivity contribution is 6.33. The zero-order valence-electron chi connectivity index (χ0n) is 8.99. The van der Waals surface area contributed by atoms with Crippen LogP contribution < -0.4 is 10.2 Å². The first-order chi connectivity index (χ1) is 6.88. The smallest absolute Gasteiger partial charge is 0.0639 e. The molecular formula is C11H17Cl3N2. The number of benzene rings is 1. The van der Waals surface area contributed by atoms with Crippen LogP contribution in [0.3, 0.4) is 0 Å². The van der Waals surface area contributed by atoms with Gasteiger partial charge in [0.25, 0.3) is 0 Å². The van der Waals surface area contributed by atoms with Crippen LogP contribution in [0.2, 0.25) is 5.02 Å². The summed E-state index contributed by atoms with van der Waals surface area (Å²) in [7, 11) is 0. The van der Waals surface area contributed by atoms with Crippen molar-refractivity contribution in [2.24, 2.45) is 0 Å². The van der Waals surface area contributed by atoms with Crippen LogP contribution in [0.25, 0.3) is 0 Å². The van der Waals surface area contributed by atoms with Gasteiger partial charge in [0.15, 0.2) is 0 Å². The summed E-state index contributed by atoms with van der Waals surface area (Å²) >= 11 is 6.15. The lowest BCUT2D eigenvalue weighted by molar-refractivity contribution is 0.724. The number of nitrogens with one attached hydrogen (secondary N) is 1. The van der Waals surface area contributed by atoms with Crippen molar-refractivity contribution in [2.75, 3.05) is 31.1 Å². The van der Waals surface area contributed by atoms with Gasteiger partial charge in [-0.05, 0) is 25.1 Å². The highest BCUT2D eigenvalue weighted by Gasteiger charge is 2.11. The number of nitrogens with zero attached hydrogens (tertiary/aromatic N) is 1. The molecule has 92 valence electrons. The van der Waals surface area contributed by atoms with Gasteiger partial charge in [-0.3, -0.25) is 0 Å². The third-order valence-corrected chi connectivity index (χ3v) is 2.85. The van der Waals surface area contributed by atoms with Gasteiger partial charge in [-0.2, -0.15) is 0 Å². The molecule has 16 heavy (non-hydrogen) atoms. The van der Waals surface area contributed by atoms with Gasteiger partial charge in [0.2, 0.25) is 0 Å². The molecule has 0 aliphatic carbocycles. The number of rotatable bonds is 1. The van der Waals surface area contributed by atoms with E-state index in [2.05, 4.69) is 16.3 Å². The summed E-state index contributed by atoms with van der Waals surface area (Å²) in [6, 6.07) is 8.06. The first-order valence-corrected chi connectivity index (χ1v) is 5.46. The summed E-state index contributed by atoms with van der Waals surface area (Å²) in [5.41, 5.74) is 1.16. The highest BCUT2D eigenvalue weighted by Crippen LogP contribution is 2.25. The Kier molecular flexibility index (Phi) is 7.94. The Labute approximate surface area is 114 Å². The number of halogens is 3. The molecule has 2 rings (SSSR count). The predicted octanol–water partition coefficient (Wildman–Crippen LogP) is 2.98. The van der Waals surface area contributed by atoms with Crippen molar-refractivity contribution in [1.29, 1.82) is 0 Å². The van der Waals surface area contributed by atoms with Crippen LogP contribution in [0.4, 0.5) is 5.69 Å². The zero-order chi connectivity index (χ0) is 9.80. The van der Waals surface area contributed by atoms with E-state index in [1.807, 2.05) is 18.2 Å². The summed E-state index contributed by atoms with van der Waals surface area (Å²) in [5, 5.41) is 4.24. The molecule has 1 saturated heterocycles. The Bertz CT molecular complexity index is 299. The van der Waals surface area contributed by atoms with Gasteiger partial charge >= 0.3 is 0 Å². The van der Waals surface area contributed by atoms with Crippen molar-refractivity contribution in [3.05, 3.63) is 29.3 Å². The number of anilines is 1. The van der Waals surface area contributed by atoms with Crippen molar-refractivity contribution in [3.63, 3.8) is 0 Å². The average Bonchev–Trinajstić information content (AvgIpc) is 2.47. The quantitative estimate of drug-likeness (QED) is 0.852. The minimum absolute atomic E-state index is 0. The summed E-state index contributed by atoms with van der Waals surface area (Å²) in [6.45, 7) is 4.30. The van der Waals surface area contributed by atoms with Crippen LogP contribution >= 0.6 is 36.4 Å². The van der Waals surface area contributed by atoms with Crippen LogP contribution in [0.1, 0.15) is 6.42 Å². The first kappa shape index (κ1) is 15.9. The monoisotopic (exact) mass is 282 g/mol. The van der Waals surface area contributed by atoms with Gasteiger partial charge in [0, 0.05) is 19.6 Å². The maximum Gasteiger partial charge on any atom is 0.0639 e. The SMILES string of the molecule is Cl.Cl.Clc1ccccc1N1CCCNCC1. The van der Waals surface area contributed by atoms with Crippen LogP contribution in [-0.2, 0) is 0 Å². The Morgan fingerprint density at radius 2 is 1.81 bits per heavy atom. The largest absolute Gasteiger partial charge is 0.369 e. The van der Waals surface area contributed by atoms with E-state index in [9.17, 15) is 0 Å². The number of hydrogen-bond acceptors (Lipinski definition) is 2. The van der Waals surface area contributed by atoms with E-state index in [0.717, 1.165) is 36.9 Å². The fraction of sp³-hybridized carbons (Fsp3) is 0.455. The standard InChI is InChI=1S/C11H15ClN2.2ClH/c12-10-4-1-2-5-11(10)14-8-3-6-13-7-9-14;;/h1-2,4-5,13H,3,6-9H2;2*1H. The second-order valence-electron chi connectivity index (χ2n) is 3.54. The molecule has 0 bridgehead atoms. The third kappa shape index (κ3) is 4.02. The molecular weight excluding hydrogens is 266 g/mol. The maximum atomic E-state index is 6.15. The zero-order valence-corrected chi connectivity index (χ0v) is 11.4. The van der Waals surface area contributed by atoms with Crippen LogP contribution in [0.5, 0.6) is 0 Å². The molecule has 1 fully saturated rings. The van der Waals surface area contributed by atoms with Gasteiger partial charge < -0.3 is 10.2 Å². The number of hydrogen-bond donors (Lipinski definition) is 1. The van der Waals surface area contributed by atoms with E-state index in [1.165, 1.54) is 6.42 Å². The highest BCUT2D eigenvalue weighted by atomic mass is 35.5. The normalized spacial score (nSPS) is 15.7. The molecule has 5 heteroatoms. The summed E-state index contributed by atoms with van der Waals surface area (Å²) < 4.78 is 0. The molecule has 2 nitrogen and oxygen atoms in total. The molecule has 1 aromatic carbocycles. The minimum Gasteiger partial charge on any atom is -0.369 e. The fourth-order valence-electron chi connectivity index (χ4n) is 1.79. The molecule has 0 spiro atoms. The van der Waals surface area contributed by atoms with E-state index in [0.29, 0.717) is 0 Å². The van der Waals surface area contributed by atoms with Gasteiger partial charge in [0.05, 0.1) is 10.7 Å². The summed E-state index contributed by atoms with van der Waals surface area (Å²) in [6.07, 6.45) is 1.19. The lowest BCUT2D eigenvalue weighted by Crippen LogP contribution is -2.27. The molecule has 1 aliphatic rings. The van der Waals surface area contributed by atoms with Gasteiger partial charge in [-0.1, -0.05) is 23.7 Å². The second kappa shape index (κ2) is 8.02. The van der Waals surface area contributed by atoms with Crippen LogP contribution in [0.15, 0.2) is 24.3 Å². The van der Waals surface area contributed by atoms with E-state index >= 15 is 0 Å². The predicted molar refractivity (Wildman–Crippen MR) is 75.6 cm³/mol. The second-order valence-corrected chi connectivity index (χ2v) is 3.95. The molecule has 0 amide bonds. The molecule has 1 aliphatic heterocycles. The van der Waals surface area contributed by atoms with Crippen molar-refractivity contribution < 1.29 is 0 Å². The molecule has 0 radical (unpaired) electrons. The molecule has 0 unspecified atom stereocenters. The molecule has 0 atom stereocenters. The fourth-order valence-corrected chi connectivity index (χ4v) is 2.05. The number of para-hydroxylation sites is 1. The Morgan fingerprint density at radius 3 is 2.56 bits per heavy atom. The average molecular weight is 284 g/mol. The van der Waals surface area contributed by atoms with E-state index in [1.54, 1.807) is 0 Å². The Hall–Kier alpha value is -0.150. The van der Waals surface area contributed by atoms with Crippen molar-refractivity contribution in [2.45, 2.75) is 6.42 Å². The minimum atomic E-state index is 0. The van der Waals surface area contributed by atoms with Crippen molar-refractivity contribution in [3.8, 4) is 0 Å². The molecule has 0 saturated carbocycles. The van der Waals surface area contributed by atoms with Crippen LogP contribution in [-0.4, -0.2) is 26.2 Å². The van der Waals surface area contributed by atoms with E-state index in [4.69, 9.17) is 11.6 Å². The Morgan fingerprint density at radius 1 is 1.06 bits per heavy atom. The van der Waals surface area contributed by atoms with Gasteiger partial charge in [0.1, 0.15) is 0 Å². The van der Waals surface area contributed by atoms with Gasteiger partial charge in [-0.15, -0.1) is 24.8 Å². The van der Waals surface area contributed by atoms with Crippen molar-refractivity contribution in [1.82, 2.24) is 5.32 Å². The topological polar surface area (TPSA) is 15.3 Å². The van der Waals surface area contributed by atoms with E-state index in [-0.39, 0.29) is 24.8 Å². The molecule has 1 heterocycles. The molecule has 0 aromatic heterocycles.